The van der Waals surface area contributed by atoms with E-state index in [9.17, 15) is 9.59 Å². The van der Waals surface area contributed by atoms with E-state index in [0.29, 0.717) is 10.2 Å². The van der Waals surface area contributed by atoms with Gasteiger partial charge in [-0.2, -0.15) is 0 Å². The molecule has 1 aromatic carbocycles. The Morgan fingerprint density at radius 3 is 2.85 bits per heavy atom. The minimum atomic E-state index is -0.145. The number of hydrogen-bond donors (Lipinski definition) is 0. The average molecular weight is 367 g/mol. The number of aromatic nitrogens is 2. The summed E-state index contributed by atoms with van der Waals surface area (Å²) in [7, 11) is 0. The molecule has 0 saturated carbocycles. The molecular formula is C20H21N3O2S. The van der Waals surface area contributed by atoms with Crippen LogP contribution >= 0.6 is 11.3 Å². The maximum absolute atomic E-state index is 13.0. The van der Waals surface area contributed by atoms with Crippen molar-refractivity contribution in [3.05, 3.63) is 52.4 Å². The number of benzene rings is 1. The minimum Gasteiger partial charge on any atom is -0.338 e. The van der Waals surface area contributed by atoms with Crippen molar-refractivity contribution in [2.75, 3.05) is 6.54 Å². The largest absolute Gasteiger partial charge is 0.338 e. The van der Waals surface area contributed by atoms with Crippen LogP contribution in [-0.4, -0.2) is 32.9 Å². The number of fused-ring (bicyclic) bond motifs is 1. The summed E-state index contributed by atoms with van der Waals surface area (Å²) >= 11 is 1.46. The van der Waals surface area contributed by atoms with Crippen molar-refractivity contribution < 1.29 is 4.79 Å². The number of nitrogens with zero attached hydrogens (tertiary/aromatic N) is 3. The number of carbonyl (C=O) groups is 1. The smallest absolute Gasteiger partial charge is 0.263 e. The molecule has 1 amide bonds. The molecule has 26 heavy (non-hydrogen) atoms. The number of likely N-dealkylation sites (tertiary alicyclic amines) is 1. The molecule has 1 saturated heterocycles. The number of thiophene rings is 1. The lowest BCUT2D eigenvalue weighted by Gasteiger charge is -2.33. The molecule has 6 heteroatoms. The molecule has 1 atom stereocenters. The zero-order valence-corrected chi connectivity index (χ0v) is 15.5. The minimum absolute atomic E-state index is 0.00283. The van der Waals surface area contributed by atoms with Crippen LogP contribution in [0.1, 0.15) is 26.2 Å². The molecule has 134 valence electrons. The summed E-state index contributed by atoms with van der Waals surface area (Å²) in [6.07, 6.45) is 4.72. The van der Waals surface area contributed by atoms with Gasteiger partial charge in [0.2, 0.25) is 5.91 Å². The van der Waals surface area contributed by atoms with Crippen molar-refractivity contribution in [2.45, 2.75) is 38.8 Å². The Hall–Kier alpha value is -2.47. The first-order valence-corrected chi connectivity index (χ1v) is 9.84. The van der Waals surface area contributed by atoms with Crippen molar-refractivity contribution in [3.8, 4) is 11.1 Å². The van der Waals surface area contributed by atoms with E-state index in [0.717, 1.165) is 36.9 Å². The predicted molar refractivity (Wildman–Crippen MR) is 104 cm³/mol. The van der Waals surface area contributed by atoms with Crippen molar-refractivity contribution in [1.82, 2.24) is 14.5 Å². The summed E-state index contributed by atoms with van der Waals surface area (Å²) in [5.41, 5.74) is 1.73. The van der Waals surface area contributed by atoms with E-state index in [1.54, 1.807) is 0 Å². The SMILES string of the molecule is C[C@H]1CCCCN1C(=O)Cn1cnc2scc(-c3ccccc3)c2c1=O. The van der Waals surface area contributed by atoms with Gasteiger partial charge in [-0.1, -0.05) is 30.3 Å². The van der Waals surface area contributed by atoms with Gasteiger partial charge < -0.3 is 4.90 Å². The van der Waals surface area contributed by atoms with Gasteiger partial charge in [-0.3, -0.25) is 14.2 Å². The quantitative estimate of drug-likeness (QED) is 0.712. The van der Waals surface area contributed by atoms with Crippen LogP contribution in [0.3, 0.4) is 0 Å². The third-order valence-electron chi connectivity index (χ3n) is 5.07. The molecule has 0 aliphatic carbocycles. The standard InChI is InChI=1S/C20H21N3O2S/c1-14-7-5-6-10-23(14)17(24)11-22-13-21-19-18(20(22)25)16(12-26-19)15-8-3-2-4-9-15/h2-4,8-9,12-14H,5-7,10-11H2,1H3/t14-/m0/s1. The average Bonchev–Trinajstić information content (AvgIpc) is 3.10. The number of carbonyl (C=O) groups excluding carboxylic acids is 1. The molecule has 2 aromatic heterocycles. The zero-order valence-electron chi connectivity index (χ0n) is 14.7. The van der Waals surface area contributed by atoms with Crippen LogP contribution in [0.15, 0.2) is 46.8 Å². The van der Waals surface area contributed by atoms with Crippen LogP contribution in [-0.2, 0) is 11.3 Å². The topological polar surface area (TPSA) is 55.2 Å². The maximum Gasteiger partial charge on any atom is 0.263 e. The Balaban J connectivity index is 1.69. The molecule has 0 radical (unpaired) electrons. The van der Waals surface area contributed by atoms with Crippen molar-refractivity contribution >= 4 is 27.5 Å². The van der Waals surface area contributed by atoms with Gasteiger partial charge >= 0.3 is 0 Å². The third-order valence-corrected chi connectivity index (χ3v) is 5.96. The lowest BCUT2D eigenvalue weighted by molar-refractivity contribution is -0.135. The summed E-state index contributed by atoms with van der Waals surface area (Å²) in [5, 5.41) is 2.57. The van der Waals surface area contributed by atoms with Gasteiger partial charge in [-0.25, -0.2) is 4.98 Å². The summed E-state index contributed by atoms with van der Waals surface area (Å²) in [6.45, 7) is 2.90. The molecule has 0 unspecified atom stereocenters. The molecular weight excluding hydrogens is 346 g/mol. The lowest BCUT2D eigenvalue weighted by Crippen LogP contribution is -2.44. The van der Waals surface area contributed by atoms with E-state index in [2.05, 4.69) is 11.9 Å². The number of hydrogen-bond acceptors (Lipinski definition) is 4. The summed E-state index contributed by atoms with van der Waals surface area (Å²) in [5.74, 6) is -0.00283. The van der Waals surface area contributed by atoms with Gasteiger partial charge in [0.15, 0.2) is 0 Å². The Labute approximate surface area is 155 Å². The lowest BCUT2D eigenvalue weighted by atomic mass is 10.0. The molecule has 3 heterocycles. The van der Waals surface area contributed by atoms with E-state index in [4.69, 9.17) is 0 Å². The Morgan fingerprint density at radius 2 is 2.08 bits per heavy atom. The van der Waals surface area contributed by atoms with E-state index in [1.807, 2.05) is 40.6 Å². The number of piperidine rings is 1. The third kappa shape index (κ3) is 3.05. The highest BCUT2D eigenvalue weighted by Gasteiger charge is 2.24. The first kappa shape index (κ1) is 17.0. The monoisotopic (exact) mass is 367 g/mol. The predicted octanol–water partition coefficient (Wildman–Crippen LogP) is 3.53. The highest BCUT2D eigenvalue weighted by molar-refractivity contribution is 7.17. The molecule has 0 bridgehead atoms. The second-order valence-electron chi connectivity index (χ2n) is 6.81. The van der Waals surface area contributed by atoms with Gasteiger partial charge in [0.25, 0.3) is 5.56 Å². The van der Waals surface area contributed by atoms with Gasteiger partial charge in [-0.05, 0) is 31.7 Å². The molecule has 3 aromatic rings. The first-order valence-electron chi connectivity index (χ1n) is 8.96. The van der Waals surface area contributed by atoms with Gasteiger partial charge in [0.05, 0.1) is 11.7 Å². The van der Waals surface area contributed by atoms with Crippen molar-refractivity contribution in [3.63, 3.8) is 0 Å². The van der Waals surface area contributed by atoms with Crippen molar-refractivity contribution in [1.29, 1.82) is 0 Å². The van der Waals surface area contributed by atoms with Crippen LogP contribution in [0.2, 0.25) is 0 Å². The summed E-state index contributed by atoms with van der Waals surface area (Å²) in [4.78, 5) is 32.8. The highest BCUT2D eigenvalue weighted by Crippen LogP contribution is 2.30. The van der Waals surface area contributed by atoms with Crippen LogP contribution < -0.4 is 5.56 Å². The molecule has 1 fully saturated rings. The van der Waals surface area contributed by atoms with Crippen molar-refractivity contribution in [2.24, 2.45) is 0 Å². The van der Waals surface area contributed by atoms with E-state index in [-0.39, 0.29) is 24.1 Å². The second-order valence-corrected chi connectivity index (χ2v) is 7.66. The summed E-state index contributed by atoms with van der Waals surface area (Å²) in [6, 6.07) is 10.1. The fourth-order valence-corrected chi connectivity index (χ4v) is 4.52. The molecule has 0 spiro atoms. The molecule has 5 nitrogen and oxygen atoms in total. The van der Waals surface area contributed by atoms with Crippen LogP contribution in [0.5, 0.6) is 0 Å². The van der Waals surface area contributed by atoms with Crippen LogP contribution in [0, 0.1) is 0 Å². The summed E-state index contributed by atoms with van der Waals surface area (Å²) < 4.78 is 1.45. The van der Waals surface area contributed by atoms with Crippen LogP contribution in [0.4, 0.5) is 0 Å². The highest BCUT2D eigenvalue weighted by atomic mass is 32.1. The fraction of sp³-hybridized carbons (Fsp3) is 0.350. The fourth-order valence-electron chi connectivity index (χ4n) is 3.62. The second kappa shape index (κ2) is 7.03. The van der Waals surface area contributed by atoms with Gasteiger partial charge in [0, 0.05) is 23.5 Å². The van der Waals surface area contributed by atoms with Gasteiger partial charge in [0.1, 0.15) is 11.4 Å². The van der Waals surface area contributed by atoms with E-state index in [1.165, 1.54) is 22.2 Å². The maximum atomic E-state index is 13.0. The van der Waals surface area contributed by atoms with Crippen LogP contribution in [0.25, 0.3) is 21.3 Å². The number of amides is 1. The van der Waals surface area contributed by atoms with E-state index < -0.39 is 0 Å². The molecule has 1 aliphatic rings. The number of rotatable bonds is 3. The normalized spacial score (nSPS) is 17.6. The Morgan fingerprint density at radius 1 is 1.27 bits per heavy atom. The first-order chi connectivity index (χ1) is 12.6. The van der Waals surface area contributed by atoms with E-state index >= 15 is 0 Å². The zero-order chi connectivity index (χ0) is 18.1. The Kier molecular flexibility index (Phi) is 4.59. The van der Waals surface area contributed by atoms with Gasteiger partial charge in [-0.15, -0.1) is 11.3 Å². The molecule has 1 aliphatic heterocycles. The molecule has 0 N–H and O–H groups in total. The molecule has 4 rings (SSSR count). The Bertz CT molecular complexity index is 993.